The molecule has 0 aliphatic rings. The van der Waals surface area contributed by atoms with E-state index in [1.807, 2.05) is 0 Å². The van der Waals surface area contributed by atoms with Crippen molar-refractivity contribution in [2.24, 2.45) is 0 Å². The van der Waals surface area contributed by atoms with Crippen LogP contribution in [0.2, 0.25) is 0 Å². The first-order chi connectivity index (χ1) is 14.1. The second-order valence-electron chi connectivity index (χ2n) is 6.60. The molecular formula is C20H20F3N3O3S. The lowest BCUT2D eigenvalue weighted by molar-refractivity contribution is -0.143. The number of aliphatic hydroxyl groups excluding tert-OH is 1. The monoisotopic (exact) mass is 439 g/mol. The highest BCUT2D eigenvalue weighted by Crippen LogP contribution is 2.43. The Hall–Kier alpha value is -2.85. The van der Waals surface area contributed by atoms with Crippen LogP contribution >= 0.6 is 0 Å². The highest BCUT2D eigenvalue weighted by Gasteiger charge is 2.41. The quantitative estimate of drug-likeness (QED) is 0.582. The first-order valence-corrected chi connectivity index (χ1v) is 10.6. The summed E-state index contributed by atoms with van der Waals surface area (Å²) in [5.41, 5.74) is -0.676. The van der Waals surface area contributed by atoms with Crippen LogP contribution in [-0.4, -0.2) is 29.9 Å². The van der Waals surface area contributed by atoms with E-state index in [1.165, 1.54) is 30.3 Å². The fraction of sp³-hybridized carbons (Fsp3) is 0.250. The molecule has 0 fully saturated rings. The standard InChI is InChI=1S/C20H20F3N3O3S/c1-14-8-5-6-11-16(14)17-18(20(21,22)23)26(12-7-13-27)24-19(17)25-30(28,29)15-9-3-2-4-10-15/h2-6,8-11,27H,7,12-13H2,1H3,(H,24,25). The average Bonchev–Trinajstić information content (AvgIpc) is 3.05. The zero-order valence-corrected chi connectivity index (χ0v) is 16.8. The normalized spacial score (nSPS) is 12.2. The lowest BCUT2D eigenvalue weighted by atomic mass is 10.00. The summed E-state index contributed by atoms with van der Waals surface area (Å²) in [7, 11) is -4.17. The van der Waals surface area contributed by atoms with E-state index >= 15 is 0 Å². The van der Waals surface area contributed by atoms with E-state index in [0.717, 1.165) is 0 Å². The first-order valence-electron chi connectivity index (χ1n) is 9.08. The number of nitrogens with zero attached hydrogens (tertiary/aromatic N) is 2. The predicted molar refractivity (Wildman–Crippen MR) is 106 cm³/mol. The minimum atomic E-state index is -4.80. The minimum Gasteiger partial charge on any atom is -0.396 e. The van der Waals surface area contributed by atoms with E-state index in [-0.39, 0.29) is 35.6 Å². The smallest absolute Gasteiger partial charge is 0.396 e. The third-order valence-corrected chi connectivity index (χ3v) is 5.80. The lowest BCUT2D eigenvalue weighted by Crippen LogP contribution is -2.16. The van der Waals surface area contributed by atoms with Crippen molar-refractivity contribution in [2.45, 2.75) is 31.0 Å². The number of aliphatic hydroxyl groups is 1. The van der Waals surface area contributed by atoms with Crippen molar-refractivity contribution in [3.63, 3.8) is 0 Å². The Morgan fingerprint density at radius 1 is 1.07 bits per heavy atom. The summed E-state index contributed by atoms with van der Waals surface area (Å²) < 4.78 is 70.5. The number of sulfonamides is 1. The number of nitrogens with one attached hydrogen (secondary N) is 1. The van der Waals surface area contributed by atoms with Crippen LogP contribution in [0.15, 0.2) is 59.5 Å². The van der Waals surface area contributed by atoms with Crippen LogP contribution in [0.25, 0.3) is 11.1 Å². The number of hydrogen-bond donors (Lipinski definition) is 2. The van der Waals surface area contributed by atoms with Crippen molar-refractivity contribution in [3.05, 3.63) is 65.9 Å². The van der Waals surface area contributed by atoms with E-state index < -0.39 is 27.7 Å². The maximum absolute atomic E-state index is 14.0. The van der Waals surface area contributed by atoms with Gasteiger partial charge in [0.2, 0.25) is 0 Å². The molecule has 0 aliphatic carbocycles. The Balaban J connectivity index is 2.24. The second kappa shape index (κ2) is 8.49. The number of hydrogen-bond acceptors (Lipinski definition) is 4. The van der Waals surface area contributed by atoms with Gasteiger partial charge >= 0.3 is 6.18 Å². The molecule has 10 heteroatoms. The zero-order valence-electron chi connectivity index (χ0n) is 16.0. The van der Waals surface area contributed by atoms with Crippen LogP contribution in [0.3, 0.4) is 0 Å². The summed E-state index contributed by atoms with van der Waals surface area (Å²) in [5.74, 6) is -0.418. The van der Waals surface area contributed by atoms with Crippen molar-refractivity contribution < 1.29 is 26.7 Å². The molecule has 1 aromatic heterocycles. The van der Waals surface area contributed by atoms with Crippen LogP contribution in [-0.2, 0) is 22.7 Å². The van der Waals surface area contributed by atoms with Gasteiger partial charge in [0.05, 0.1) is 10.5 Å². The van der Waals surface area contributed by atoms with E-state index in [4.69, 9.17) is 5.11 Å². The summed E-state index contributed by atoms with van der Waals surface area (Å²) >= 11 is 0. The minimum absolute atomic E-state index is 0.0306. The molecule has 0 unspecified atom stereocenters. The van der Waals surface area contributed by atoms with Gasteiger partial charge in [0.1, 0.15) is 0 Å². The summed E-state index contributed by atoms with van der Waals surface area (Å²) in [5, 5.41) is 13.0. The van der Waals surface area contributed by atoms with Crippen LogP contribution in [0.5, 0.6) is 0 Å². The van der Waals surface area contributed by atoms with Crippen LogP contribution in [0, 0.1) is 6.92 Å². The predicted octanol–water partition coefficient (Wildman–Crippen LogP) is 4.06. The number of benzene rings is 2. The van der Waals surface area contributed by atoms with Gasteiger partial charge in [-0.15, -0.1) is 0 Å². The van der Waals surface area contributed by atoms with Gasteiger partial charge in [-0.3, -0.25) is 9.40 Å². The van der Waals surface area contributed by atoms with Crippen molar-refractivity contribution in [1.82, 2.24) is 9.78 Å². The van der Waals surface area contributed by atoms with Crippen LogP contribution in [0.4, 0.5) is 19.0 Å². The largest absolute Gasteiger partial charge is 0.433 e. The maximum atomic E-state index is 14.0. The van der Waals surface area contributed by atoms with E-state index in [0.29, 0.717) is 10.2 Å². The van der Waals surface area contributed by atoms with Gasteiger partial charge in [0.25, 0.3) is 10.0 Å². The number of aryl methyl sites for hydroxylation is 2. The molecule has 0 spiro atoms. The molecule has 3 rings (SSSR count). The molecule has 0 radical (unpaired) electrons. The van der Waals surface area contributed by atoms with E-state index in [1.54, 1.807) is 31.2 Å². The molecular weight excluding hydrogens is 419 g/mol. The topological polar surface area (TPSA) is 84.2 Å². The van der Waals surface area contributed by atoms with E-state index in [2.05, 4.69) is 9.82 Å². The van der Waals surface area contributed by atoms with Gasteiger partial charge in [-0.2, -0.15) is 18.3 Å². The van der Waals surface area contributed by atoms with Crippen molar-refractivity contribution in [2.75, 3.05) is 11.3 Å². The molecule has 160 valence electrons. The number of anilines is 1. The Morgan fingerprint density at radius 2 is 1.70 bits per heavy atom. The molecule has 0 atom stereocenters. The molecule has 2 N–H and O–H groups in total. The third-order valence-electron chi connectivity index (χ3n) is 4.45. The SMILES string of the molecule is Cc1ccccc1-c1c(NS(=O)(=O)c2ccccc2)nn(CCCO)c1C(F)(F)F. The van der Waals surface area contributed by atoms with Crippen LogP contribution < -0.4 is 4.72 Å². The third kappa shape index (κ3) is 4.49. The first kappa shape index (κ1) is 21.8. The zero-order chi connectivity index (χ0) is 21.9. The van der Waals surface area contributed by atoms with Crippen molar-refractivity contribution >= 4 is 15.8 Å². The Labute approximate surface area is 172 Å². The Morgan fingerprint density at radius 3 is 2.30 bits per heavy atom. The summed E-state index contributed by atoms with van der Waals surface area (Å²) in [4.78, 5) is -0.0980. The molecule has 0 aliphatic heterocycles. The maximum Gasteiger partial charge on any atom is 0.433 e. The van der Waals surface area contributed by atoms with Crippen molar-refractivity contribution in [3.8, 4) is 11.1 Å². The highest BCUT2D eigenvalue weighted by molar-refractivity contribution is 7.92. The number of rotatable bonds is 7. The fourth-order valence-electron chi connectivity index (χ4n) is 3.10. The highest BCUT2D eigenvalue weighted by atomic mass is 32.2. The van der Waals surface area contributed by atoms with Crippen molar-refractivity contribution in [1.29, 1.82) is 0 Å². The molecule has 1 heterocycles. The number of alkyl halides is 3. The fourth-order valence-corrected chi connectivity index (χ4v) is 4.13. The second-order valence-corrected chi connectivity index (χ2v) is 8.29. The molecule has 6 nitrogen and oxygen atoms in total. The Kier molecular flexibility index (Phi) is 6.18. The van der Waals surface area contributed by atoms with Gasteiger partial charge in [0, 0.05) is 13.2 Å². The average molecular weight is 439 g/mol. The molecule has 0 bridgehead atoms. The number of aromatic nitrogens is 2. The van der Waals surface area contributed by atoms with Gasteiger partial charge in [-0.05, 0) is 36.6 Å². The summed E-state index contributed by atoms with van der Waals surface area (Å²) in [6.07, 6.45) is -4.76. The van der Waals surface area contributed by atoms with Gasteiger partial charge in [-0.1, -0.05) is 42.5 Å². The summed E-state index contributed by atoms with van der Waals surface area (Å²) in [6, 6.07) is 13.7. The summed E-state index contributed by atoms with van der Waals surface area (Å²) in [6.45, 7) is 1.08. The molecule has 0 saturated carbocycles. The van der Waals surface area contributed by atoms with Gasteiger partial charge in [-0.25, -0.2) is 8.42 Å². The molecule has 2 aromatic carbocycles. The molecule has 0 saturated heterocycles. The molecule has 0 amide bonds. The molecule has 3 aromatic rings. The van der Waals surface area contributed by atoms with Gasteiger partial charge < -0.3 is 5.11 Å². The van der Waals surface area contributed by atoms with E-state index in [9.17, 15) is 21.6 Å². The lowest BCUT2D eigenvalue weighted by Gasteiger charge is -2.14. The molecule has 30 heavy (non-hydrogen) atoms. The van der Waals surface area contributed by atoms with Crippen LogP contribution in [0.1, 0.15) is 17.7 Å². The van der Waals surface area contributed by atoms with Gasteiger partial charge in [0.15, 0.2) is 11.5 Å². The Bertz CT molecular complexity index is 1130. The number of halogens is 3.